The lowest BCUT2D eigenvalue weighted by molar-refractivity contribution is -0.115. The van der Waals surface area contributed by atoms with Gasteiger partial charge in [0.15, 0.2) is 0 Å². The Morgan fingerprint density at radius 2 is 2.40 bits per heavy atom. The molecule has 4 heteroatoms. The molecule has 0 spiro atoms. The van der Waals surface area contributed by atoms with Gasteiger partial charge in [0.2, 0.25) is 11.8 Å². The second-order valence-electron chi connectivity index (χ2n) is 3.29. The Morgan fingerprint density at radius 1 is 1.60 bits per heavy atom. The minimum Gasteiger partial charge on any atom is -0.326 e. The number of rotatable bonds is 2. The predicted molar refractivity (Wildman–Crippen MR) is 61.8 cm³/mol. The summed E-state index contributed by atoms with van der Waals surface area (Å²) in [6.07, 6.45) is 1.57. The maximum Gasteiger partial charge on any atom is 0.247 e. The largest absolute Gasteiger partial charge is 0.326 e. The zero-order chi connectivity index (χ0) is 10.8. The molecule has 2 rings (SSSR count). The molecule has 0 atom stereocenters. The van der Waals surface area contributed by atoms with Gasteiger partial charge in [0, 0.05) is 14.2 Å². The standard InChI is InChI=1S/C11H10N2O2.2H2/c1-2-10(14)12-8-3-4-9-7(5-8)6-11(15)13-9;;/h2-5H,1,6H2,(H,12,14)(H,13,15);2*1H. The minimum absolute atomic E-state index is 0. The van der Waals surface area contributed by atoms with Crippen molar-refractivity contribution in [2.24, 2.45) is 0 Å². The first kappa shape index (κ1) is 9.45. The fourth-order valence-electron chi connectivity index (χ4n) is 1.50. The molecular weight excluding hydrogens is 192 g/mol. The molecule has 2 N–H and O–H groups in total. The summed E-state index contributed by atoms with van der Waals surface area (Å²) in [6, 6.07) is 5.30. The Morgan fingerprint density at radius 3 is 3.13 bits per heavy atom. The van der Waals surface area contributed by atoms with Crippen molar-refractivity contribution in [3.8, 4) is 0 Å². The number of carbonyl (C=O) groups excluding carboxylic acids is 2. The molecule has 1 aliphatic rings. The average Bonchev–Trinajstić information content (AvgIpc) is 2.57. The van der Waals surface area contributed by atoms with Crippen molar-refractivity contribution in [2.45, 2.75) is 6.42 Å². The summed E-state index contributed by atoms with van der Waals surface area (Å²) >= 11 is 0. The lowest BCUT2D eigenvalue weighted by Crippen LogP contribution is -2.07. The van der Waals surface area contributed by atoms with Crippen molar-refractivity contribution >= 4 is 23.2 Å². The molecule has 0 aliphatic carbocycles. The molecule has 1 aromatic carbocycles. The molecule has 1 aromatic rings. The van der Waals surface area contributed by atoms with E-state index in [2.05, 4.69) is 17.2 Å². The fourth-order valence-corrected chi connectivity index (χ4v) is 1.50. The number of carbonyl (C=O) groups is 2. The van der Waals surface area contributed by atoms with E-state index in [1.165, 1.54) is 6.08 Å². The van der Waals surface area contributed by atoms with E-state index >= 15 is 0 Å². The molecule has 4 nitrogen and oxygen atoms in total. The molecule has 0 radical (unpaired) electrons. The molecule has 2 amide bonds. The topological polar surface area (TPSA) is 58.2 Å². The highest BCUT2D eigenvalue weighted by Crippen LogP contribution is 2.25. The Bertz CT molecular complexity index is 461. The van der Waals surface area contributed by atoms with E-state index in [1.807, 2.05) is 0 Å². The third-order valence-corrected chi connectivity index (χ3v) is 2.18. The maximum absolute atomic E-state index is 11.1. The summed E-state index contributed by atoms with van der Waals surface area (Å²) in [5, 5.41) is 5.36. The molecule has 0 bridgehead atoms. The average molecular weight is 206 g/mol. The lowest BCUT2D eigenvalue weighted by atomic mass is 10.1. The maximum atomic E-state index is 11.1. The van der Waals surface area contributed by atoms with Crippen molar-refractivity contribution in [3.63, 3.8) is 0 Å². The fraction of sp³-hybridized carbons (Fsp3) is 0.0909. The van der Waals surface area contributed by atoms with Gasteiger partial charge in [-0.2, -0.15) is 0 Å². The second kappa shape index (κ2) is 3.57. The number of anilines is 2. The number of fused-ring (bicyclic) bond motifs is 1. The molecule has 0 aromatic heterocycles. The number of amides is 2. The van der Waals surface area contributed by atoms with E-state index in [1.54, 1.807) is 18.2 Å². The van der Waals surface area contributed by atoms with Crippen molar-refractivity contribution < 1.29 is 12.4 Å². The van der Waals surface area contributed by atoms with Gasteiger partial charge >= 0.3 is 0 Å². The van der Waals surface area contributed by atoms with Crippen LogP contribution in [0.2, 0.25) is 0 Å². The van der Waals surface area contributed by atoms with Gasteiger partial charge in [0.1, 0.15) is 0 Å². The number of benzene rings is 1. The van der Waals surface area contributed by atoms with Gasteiger partial charge in [-0.05, 0) is 29.8 Å². The summed E-state index contributed by atoms with van der Waals surface area (Å²) < 4.78 is 0. The van der Waals surface area contributed by atoms with Gasteiger partial charge in [-0.15, -0.1) is 0 Å². The van der Waals surface area contributed by atoms with Gasteiger partial charge in [0.05, 0.1) is 6.42 Å². The third kappa shape index (κ3) is 1.88. The van der Waals surface area contributed by atoms with Crippen LogP contribution in [0.25, 0.3) is 0 Å². The van der Waals surface area contributed by atoms with Crippen LogP contribution in [-0.2, 0) is 16.0 Å². The van der Waals surface area contributed by atoms with E-state index in [4.69, 9.17) is 0 Å². The molecule has 1 aliphatic heterocycles. The molecule has 0 fully saturated rings. The molecule has 1 heterocycles. The molecular formula is C11H14N2O2. The summed E-state index contributed by atoms with van der Waals surface area (Å²) in [7, 11) is 0. The van der Waals surface area contributed by atoms with Crippen LogP contribution in [0.1, 0.15) is 8.42 Å². The van der Waals surface area contributed by atoms with Crippen LogP contribution >= 0.6 is 0 Å². The molecule has 80 valence electrons. The quantitative estimate of drug-likeness (QED) is 0.725. The van der Waals surface area contributed by atoms with Crippen LogP contribution in [0.4, 0.5) is 11.4 Å². The summed E-state index contributed by atoms with van der Waals surface area (Å²) in [5.41, 5.74) is 2.40. The van der Waals surface area contributed by atoms with E-state index in [9.17, 15) is 9.59 Å². The number of hydrogen-bond donors (Lipinski definition) is 2. The molecule has 0 unspecified atom stereocenters. The summed E-state index contributed by atoms with van der Waals surface area (Å²) in [5.74, 6) is -0.274. The molecule has 0 saturated heterocycles. The van der Waals surface area contributed by atoms with Crippen molar-refractivity contribution in [1.29, 1.82) is 0 Å². The van der Waals surface area contributed by atoms with Crippen molar-refractivity contribution in [3.05, 3.63) is 36.4 Å². The lowest BCUT2D eigenvalue weighted by Gasteiger charge is -2.04. The first-order valence-electron chi connectivity index (χ1n) is 4.55. The van der Waals surface area contributed by atoms with Gasteiger partial charge in [-0.3, -0.25) is 9.59 Å². The van der Waals surface area contributed by atoms with Gasteiger partial charge in [-0.1, -0.05) is 6.58 Å². The van der Waals surface area contributed by atoms with Crippen LogP contribution in [0.5, 0.6) is 0 Å². The van der Waals surface area contributed by atoms with Gasteiger partial charge < -0.3 is 10.6 Å². The Kier molecular flexibility index (Phi) is 2.25. The number of hydrogen-bond acceptors (Lipinski definition) is 2. The summed E-state index contributed by atoms with van der Waals surface area (Å²) in [6.45, 7) is 3.36. The Hall–Kier alpha value is -2.10. The van der Waals surface area contributed by atoms with E-state index in [-0.39, 0.29) is 14.7 Å². The van der Waals surface area contributed by atoms with Crippen LogP contribution in [0.3, 0.4) is 0 Å². The molecule has 0 saturated carbocycles. The normalized spacial score (nSPS) is 12.9. The van der Waals surface area contributed by atoms with Gasteiger partial charge in [0.25, 0.3) is 0 Å². The first-order valence-corrected chi connectivity index (χ1v) is 4.55. The third-order valence-electron chi connectivity index (χ3n) is 2.18. The Labute approximate surface area is 90.0 Å². The van der Waals surface area contributed by atoms with Crippen LogP contribution in [-0.4, -0.2) is 11.8 Å². The smallest absolute Gasteiger partial charge is 0.247 e. The summed E-state index contributed by atoms with van der Waals surface area (Å²) in [4.78, 5) is 22.1. The van der Waals surface area contributed by atoms with Crippen molar-refractivity contribution in [2.75, 3.05) is 10.6 Å². The zero-order valence-electron chi connectivity index (χ0n) is 8.04. The highest BCUT2D eigenvalue weighted by Gasteiger charge is 2.17. The van der Waals surface area contributed by atoms with Gasteiger partial charge in [-0.25, -0.2) is 0 Å². The monoisotopic (exact) mass is 206 g/mol. The number of nitrogens with one attached hydrogen (secondary N) is 2. The van der Waals surface area contributed by atoms with E-state index in [0.717, 1.165) is 11.3 Å². The molecule has 15 heavy (non-hydrogen) atoms. The van der Waals surface area contributed by atoms with E-state index in [0.29, 0.717) is 12.1 Å². The zero-order valence-corrected chi connectivity index (χ0v) is 8.04. The van der Waals surface area contributed by atoms with Crippen LogP contribution < -0.4 is 10.6 Å². The van der Waals surface area contributed by atoms with Crippen molar-refractivity contribution in [1.82, 2.24) is 0 Å². The Balaban J connectivity index is 0.00000128. The van der Waals surface area contributed by atoms with Crippen LogP contribution in [0, 0.1) is 0 Å². The second-order valence-corrected chi connectivity index (χ2v) is 3.29. The first-order chi connectivity index (χ1) is 7.19. The predicted octanol–water partition coefficient (Wildman–Crippen LogP) is 1.80. The van der Waals surface area contributed by atoms with Crippen LogP contribution in [0.15, 0.2) is 30.9 Å². The SMILES string of the molecule is C=CC(=O)Nc1ccc2c(c1)CC(=O)N2.[HH].[HH]. The van der Waals surface area contributed by atoms with E-state index < -0.39 is 0 Å². The minimum atomic E-state index is -0.257. The highest BCUT2D eigenvalue weighted by molar-refractivity contribution is 6.02. The highest BCUT2D eigenvalue weighted by atomic mass is 16.2.